The number of amides is 3. The normalized spacial score (nSPS) is 13.0. The van der Waals surface area contributed by atoms with Crippen molar-refractivity contribution < 1.29 is 49.8 Å². The maximum absolute atomic E-state index is 15.3. The first-order valence-electron chi connectivity index (χ1n) is 15.4. The van der Waals surface area contributed by atoms with Crippen LogP contribution in [-0.4, -0.2) is 67.1 Å². The molecule has 0 bridgehead atoms. The Balaban J connectivity index is 1.50. The van der Waals surface area contributed by atoms with Crippen molar-refractivity contribution in [2.45, 2.75) is 42.8 Å². The number of alkyl halides is 10. The second-order valence-corrected chi connectivity index (χ2v) is 14.5. The molecule has 0 spiro atoms. The number of carbonyl (C=O) groups is 2. The summed E-state index contributed by atoms with van der Waals surface area (Å²) < 4.78 is 100. The highest BCUT2D eigenvalue weighted by Gasteiger charge is 2.33. The van der Waals surface area contributed by atoms with Crippen LogP contribution < -0.4 is 19.7 Å². The van der Waals surface area contributed by atoms with Crippen molar-refractivity contribution in [3.8, 4) is 28.6 Å². The molecule has 54 heavy (non-hydrogen) atoms. The summed E-state index contributed by atoms with van der Waals surface area (Å²) in [5.41, 5.74) is 1.37. The third-order valence-corrected chi connectivity index (χ3v) is 8.83. The third-order valence-electron chi connectivity index (χ3n) is 6.84. The molecule has 10 nitrogen and oxygen atoms in total. The summed E-state index contributed by atoms with van der Waals surface area (Å²) in [4.78, 5) is 35.3. The molecule has 1 heterocycles. The first-order chi connectivity index (χ1) is 25.2. The number of halogens is 10. The highest BCUT2D eigenvalue weighted by Crippen LogP contribution is 2.37. The predicted octanol–water partition coefficient (Wildman–Crippen LogP) is 9.71. The Bertz CT molecular complexity index is 1940. The van der Waals surface area contributed by atoms with Crippen molar-refractivity contribution in [2.75, 3.05) is 23.8 Å². The number of anilines is 1. The lowest BCUT2D eigenvalue weighted by Gasteiger charge is -2.27. The van der Waals surface area contributed by atoms with Crippen molar-refractivity contribution >= 4 is 69.4 Å². The van der Waals surface area contributed by atoms with Crippen LogP contribution in [0.4, 0.5) is 41.2 Å². The quantitative estimate of drug-likeness (QED) is 0.0693. The molecule has 0 aliphatic carbocycles. The summed E-state index contributed by atoms with van der Waals surface area (Å²) in [5, 5.41) is 6.21. The largest absolute Gasteiger partial charge is 0.573 e. The Hall–Kier alpha value is -4.26. The maximum Gasteiger partial charge on any atom is 0.573 e. The maximum atomic E-state index is 15.3. The van der Waals surface area contributed by atoms with Gasteiger partial charge in [-0.25, -0.2) is 18.9 Å². The van der Waals surface area contributed by atoms with Gasteiger partial charge in [0.05, 0.1) is 17.9 Å². The van der Waals surface area contributed by atoms with E-state index in [0.717, 1.165) is 17.0 Å². The van der Waals surface area contributed by atoms with E-state index in [2.05, 4.69) is 25.1 Å². The van der Waals surface area contributed by atoms with Crippen LogP contribution in [0.15, 0.2) is 78.0 Å². The summed E-state index contributed by atoms with van der Waals surface area (Å²) in [7, 11) is 0. The van der Waals surface area contributed by atoms with Gasteiger partial charge in [0, 0.05) is 17.7 Å². The summed E-state index contributed by atoms with van der Waals surface area (Å²) in [6.07, 6.45) is -10.2. The summed E-state index contributed by atoms with van der Waals surface area (Å²) in [6, 6.07) is 13.7. The van der Waals surface area contributed by atoms with E-state index in [1.807, 2.05) is 0 Å². The standard InChI is InChI=1S/C33H28Cl3F7N6O4S/c1-3-27(50)49(25-14-19(2)4-13-26(25)52-16-32(38,39)40)30(54-17-31(34,35)36)46-29(51)44-15-24(37)20-5-7-21(8-6-20)28-45-18-48(47-28)22-9-11-23(12-10-22)53-33(41,42)43/h4-14,18,24H,3,15-17H2,1-2H3,(H,44,51)/b46-30-. The average Bonchev–Trinajstić information content (AvgIpc) is 3.58. The molecule has 4 aromatic rings. The van der Waals surface area contributed by atoms with Gasteiger partial charge in [0.15, 0.2) is 21.4 Å². The number of urea groups is 1. The summed E-state index contributed by atoms with van der Waals surface area (Å²) in [6.45, 7) is 0.824. The molecule has 0 saturated carbocycles. The first kappa shape index (κ1) is 42.5. The van der Waals surface area contributed by atoms with E-state index in [9.17, 15) is 35.9 Å². The minimum atomic E-state index is -4.84. The number of aliphatic imine (C=N–C) groups is 1. The lowest BCUT2D eigenvalue weighted by Crippen LogP contribution is -2.38. The average molecular weight is 844 g/mol. The fourth-order valence-electron chi connectivity index (χ4n) is 4.46. The molecular weight excluding hydrogens is 816 g/mol. The molecule has 290 valence electrons. The van der Waals surface area contributed by atoms with E-state index in [1.54, 1.807) is 6.92 Å². The van der Waals surface area contributed by atoms with Gasteiger partial charge in [0.2, 0.25) is 5.91 Å². The number of hydrogen-bond donors (Lipinski definition) is 1. The number of aromatic nitrogens is 3. The highest BCUT2D eigenvalue weighted by atomic mass is 35.6. The Morgan fingerprint density at radius 2 is 1.67 bits per heavy atom. The van der Waals surface area contributed by atoms with Crippen molar-refractivity contribution in [3.63, 3.8) is 0 Å². The van der Waals surface area contributed by atoms with Crippen LogP contribution in [0.3, 0.4) is 0 Å². The molecule has 0 aliphatic heterocycles. The van der Waals surface area contributed by atoms with Crippen LogP contribution in [0, 0.1) is 6.92 Å². The van der Waals surface area contributed by atoms with Gasteiger partial charge in [-0.3, -0.25) is 9.69 Å². The number of carbonyl (C=O) groups excluding carboxylic acids is 2. The lowest BCUT2D eigenvalue weighted by atomic mass is 10.1. The molecule has 1 unspecified atom stereocenters. The van der Waals surface area contributed by atoms with Crippen LogP contribution in [0.25, 0.3) is 17.1 Å². The topological polar surface area (TPSA) is 111 Å². The zero-order valence-electron chi connectivity index (χ0n) is 27.9. The number of aryl methyl sites for hydroxylation is 1. The Labute approximate surface area is 322 Å². The fraction of sp³-hybridized carbons (Fsp3) is 0.303. The van der Waals surface area contributed by atoms with Crippen LogP contribution in [0.2, 0.25) is 0 Å². The van der Waals surface area contributed by atoms with E-state index < -0.39 is 53.3 Å². The summed E-state index contributed by atoms with van der Waals surface area (Å²) in [5.74, 6) is -1.58. The van der Waals surface area contributed by atoms with E-state index in [0.29, 0.717) is 28.6 Å². The van der Waals surface area contributed by atoms with Gasteiger partial charge in [-0.2, -0.15) is 18.2 Å². The number of benzene rings is 3. The zero-order chi connectivity index (χ0) is 39.8. The number of rotatable bonds is 11. The Morgan fingerprint density at radius 3 is 2.26 bits per heavy atom. The SMILES string of the molecule is CCC(=O)N(/C(=N/C(=O)NCC(F)c1ccc(-c2ncn(-c3ccc(OC(F)(F)F)cc3)n2)cc1)SCC(Cl)(Cl)Cl)c1cc(C)ccc1OCC(F)(F)F. The molecular formula is C33H28Cl3F7N6O4S. The Kier molecular flexibility index (Phi) is 14.1. The van der Waals surface area contributed by atoms with E-state index in [4.69, 9.17) is 39.5 Å². The molecule has 0 fully saturated rings. The Morgan fingerprint density at radius 1 is 1.00 bits per heavy atom. The van der Waals surface area contributed by atoms with Gasteiger partial charge in [-0.15, -0.1) is 18.3 Å². The zero-order valence-corrected chi connectivity index (χ0v) is 31.0. The van der Waals surface area contributed by atoms with Crippen molar-refractivity contribution in [2.24, 2.45) is 4.99 Å². The molecule has 4 rings (SSSR count). The van der Waals surface area contributed by atoms with Crippen molar-refractivity contribution in [3.05, 3.63) is 84.2 Å². The molecule has 21 heteroatoms. The second-order valence-electron chi connectivity index (χ2n) is 11.1. The van der Waals surface area contributed by atoms with E-state index in [1.165, 1.54) is 72.5 Å². The number of ether oxygens (including phenoxy) is 2. The fourth-order valence-corrected chi connectivity index (χ4v) is 5.72. The van der Waals surface area contributed by atoms with Gasteiger partial charge in [0.1, 0.15) is 24.0 Å². The number of amidine groups is 1. The van der Waals surface area contributed by atoms with Gasteiger partial charge in [-0.05, 0) is 54.4 Å². The number of nitrogens with one attached hydrogen (secondary N) is 1. The second kappa shape index (κ2) is 17.9. The smallest absolute Gasteiger partial charge is 0.482 e. The molecule has 1 N–H and O–H groups in total. The van der Waals surface area contributed by atoms with Crippen molar-refractivity contribution in [1.82, 2.24) is 20.1 Å². The lowest BCUT2D eigenvalue weighted by molar-refractivity contribution is -0.274. The van der Waals surface area contributed by atoms with Crippen LogP contribution in [0.5, 0.6) is 11.5 Å². The highest BCUT2D eigenvalue weighted by molar-refractivity contribution is 8.14. The molecule has 1 aromatic heterocycles. The molecule has 3 aromatic carbocycles. The molecule has 0 radical (unpaired) electrons. The van der Waals surface area contributed by atoms with Gasteiger partial charge in [-0.1, -0.05) is 83.8 Å². The monoisotopic (exact) mass is 842 g/mol. The van der Waals surface area contributed by atoms with Crippen LogP contribution >= 0.6 is 46.6 Å². The van der Waals surface area contributed by atoms with Gasteiger partial charge < -0.3 is 14.8 Å². The molecule has 0 aliphatic rings. The minimum Gasteiger partial charge on any atom is -0.482 e. The number of hydrogen-bond acceptors (Lipinski definition) is 7. The first-order valence-corrected chi connectivity index (χ1v) is 17.5. The predicted molar refractivity (Wildman–Crippen MR) is 191 cm³/mol. The molecule has 0 saturated heterocycles. The van der Waals surface area contributed by atoms with E-state index in [-0.39, 0.29) is 40.2 Å². The summed E-state index contributed by atoms with van der Waals surface area (Å²) >= 11 is 18.4. The van der Waals surface area contributed by atoms with Crippen molar-refractivity contribution in [1.29, 1.82) is 0 Å². The minimum absolute atomic E-state index is 0.141. The number of thioether (sulfide) groups is 1. The van der Waals surface area contributed by atoms with Gasteiger partial charge in [0.25, 0.3) is 0 Å². The van der Waals surface area contributed by atoms with Crippen LogP contribution in [-0.2, 0) is 4.79 Å². The molecule has 1 atom stereocenters. The van der Waals surface area contributed by atoms with E-state index >= 15 is 4.39 Å². The van der Waals surface area contributed by atoms with Gasteiger partial charge >= 0.3 is 18.6 Å². The number of nitrogens with zero attached hydrogens (tertiary/aromatic N) is 5. The molecule has 3 amide bonds. The van der Waals surface area contributed by atoms with Crippen LogP contribution in [0.1, 0.15) is 30.6 Å². The third kappa shape index (κ3) is 13.0.